The Kier molecular flexibility index (Phi) is 8.71. The number of methoxy groups -OCH3 is 1. The zero-order chi connectivity index (χ0) is 26.2. The topological polar surface area (TPSA) is 94.2 Å². The summed E-state index contributed by atoms with van der Waals surface area (Å²) >= 11 is 6.73. The number of carbonyl (C=O) groups excluding carboxylic acids is 3. The average molecular weight is 539 g/mol. The van der Waals surface area contributed by atoms with Crippen LogP contribution < -0.4 is 19.5 Å². The number of rotatable bonds is 10. The van der Waals surface area contributed by atoms with Crippen LogP contribution in [-0.4, -0.2) is 48.8 Å². The van der Waals surface area contributed by atoms with Crippen LogP contribution in [0.15, 0.2) is 77.7 Å². The Morgan fingerprint density at radius 2 is 1.65 bits per heavy atom. The summed E-state index contributed by atoms with van der Waals surface area (Å²) in [6.07, 6.45) is 1.64. The summed E-state index contributed by atoms with van der Waals surface area (Å²) in [7, 11) is 1.53. The first kappa shape index (κ1) is 26.1. The van der Waals surface area contributed by atoms with E-state index in [4.69, 9.17) is 25.8 Å². The lowest BCUT2D eigenvalue weighted by molar-refractivity contribution is -0.123. The molecular weight excluding hydrogens is 516 g/mol. The molecule has 0 saturated carbocycles. The van der Waals surface area contributed by atoms with Crippen LogP contribution in [0.4, 0.5) is 10.5 Å². The third-order valence-electron chi connectivity index (χ3n) is 5.20. The number of para-hydroxylation sites is 2. The Bertz CT molecular complexity index is 1310. The highest BCUT2D eigenvalue weighted by molar-refractivity contribution is 8.18. The van der Waals surface area contributed by atoms with E-state index in [1.54, 1.807) is 72.8 Å². The van der Waals surface area contributed by atoms with Gasteiger partial charge in [-0.15, -0.1) is 0 Å². The van der Waals surface area contributed by atoms with Gasteiger partial charge in [0.2, 0.25) is 0 Å². The van der Waals surface area contributed by atoms with E-state index in [9.17, 15) is 14.4 Å². The molecule has 37 heavy (non-hydrogen) atoms. The van der Waals surface area contributed by atoms with Gasteiger partial charge < -0.3 is 19.5 Å². The number of nitrogens with one attached hydrogen (secondary N) is 1. The second-order valence-electron chi connectivity index (χ2n) is 7.74. The van der Waals surface area contributed by atoms with E-state index < -0.39 is 0 Å². The minimum absolute atomic E-state index is 0.133. The number of amides is 3. The third kappa shape index (κ3) is 7.05. The molecule has 0 unspecified atom stereocenters. The van der Waals surface area contributed by atoms with Crippen molar-refractivity contribution in [2.24, 2.45) is 0 Å². The fraction of sp³-hybridized carbons (Fsp3) is 0.148. The van der Waals surface area contributed by atoms with Gasteiger partial charge in [-0.1, -0.05) is 35.9 Å². The summed E-state index contributed by atoms with van der Waals surface area (Å²) in [6.45, 7) is 0.117. The van der Waals surface area contributed by atoms with Gasteiger partial charge in [0.1, 0.15) is 23.9 Å². The Balaban J connectivity index is 1.28. The van der Waals surface area contributed by atoms with Crippen molar-refractivity contribution in [1.82, 2.24) is 4.90 Å². The molecule has 0 atom stereocenters. The maximum absolute atomic E-state index is 12.7. The number of benzene rings is 3. The maximum Gasteiger partial charge on any atom is 0.293 e. The van der Waals surface area contributed by atoms with E-state index in [1.165, 1.54) is 7.11 Å². The number of imide groups is 1. The van der Waals surface area contributed by atoms with E-state index in [-0.39, 0.29) is 36.8 Å². The van der Waals surface area contributed by atoms with Crippen LogP contribution in [-0.2, 0) is 9.59 Å². The van der Waals surface area contributed by atoms with Gasteiger partial charge in [-0.25, -0.2) is 0 Å². The molecule has 1 aliphatic heterocycles. The molecule has 190 valence electrons. The standard InChI is InChI=1S/C27H23ClN2O6S/c1-34-23-5-3-2-4-22(23)29-25(31)17-36-21-10-6-18(7-11-21)16-24-26(32)30(27(33)37-24)14-15-35-20-12-8-19(28)9-13-20/h2-13,16H,14-15,17H2,1H3,(H,29,31)/b24-16-. The molecule has 1 fully saturated rings. The number of hydrogen-bond acceptors (Lipinski definition) is 7. The van der Waals surface area contributed by atoms with Crippen LogP contribution in [0.5, 0.6) is 17.2 Å². The van der Waals surface area contributed by atoms with Gasteiger partial charge in [0, 0.05) is 5.02 Å². The summed E-state index contributed by atoms with van der Waals surface area (Å²) in [5.41, 5.74) is 1.27. The van der Waals surface area contributed by atoms with Crippen LogP contribution in [0.25, 0.3) is 6.08 Å². The van der Waals surface area contributed by atoms with Crippen molar-refractivity contribution < 1.29 is 28.6 Å². The first-order chi connectivity index (χ1) is 17.9. The van der Waals surface area contributed by atoms with Crippen LogP contribution in [0.1, 0.15) is 5.56 Å². The van der Waals surface area contributed by atoms with E-state index in [1.807, 2.05) is 6.07 Å². The lowest BCUT2D eigenvalue weighted by Gasteiger charge is -2.13. The summed E-state index contributed by atoms with van der Waals surface area (Å²) in [6, 6.07) is 20.8. The quantitative estimate of drug-likeness (QED) is 0.341. The first-order valence-corrected chi connectivity index (χ1v) is 12.4. The third-order valence-corrected chi connectivity index (χ3v) is 6.36. The number of thioether (sulfide) groups is 1. The van der Waals surface area contributed by atoms with E-state index in [0.29, 0.717) is 38.4 Å². The highest BCUT2D eigenvalue weighted by Gasteiger charge is 2.34. The fourth-order valence-corrected chi connectivity index (χ4v) is 4.36. The molecule has 3 aromatic rings. The van der Waals surface area contributed by atoms with Crippen LogP contribution in [0.2, 0.25) is 5.02 Å². The predicted octanol–water partition coefficient (Wildman–Crippen LogP) is 5.48. The van der Waals surface area contributed by atoms with Crippen LogP contribution >= 0.6 is 23.4 Å². The Hall–Kier alpha value is -3.95. The number of ether oxygens (including phenoxy) is 3. The van der Waals surface area contributed by atoms with Crippen molar-refractivity contribution in [3.63, 3.8) is 0 Å². The summed E-state index contributed by atoms with van der Waals surface area (Å²) in [4.78, 5) is 38.8. The molecular formula is C27H23ClN2O6S. The zero-order valence-corrected chi connectivity index (χ0v) is 21.4. The molecule has 0 spiro atoms. The highest BCUT2D eigenvalue weighted by atomic mass is 35.5. The molecule has 10 heteroatoms. The number of anilines is 1. The fourth-order valence-electron chi connectivity index (χ4n) is 3.37. The summed E-state index contributed by atoms with van der Waals surface area (Å²) in [5, 5.41) is 2.99. The molecule has 1 aliphatic rings. The largest absolute Gasteiger partial charge is 0.495 e. The second-order valence-corrected chi connectivity index (χ2v) is 9.17. The number of halogens is 1. The molecule has 0 bridgehead atoms. The number of hydrogen-bond donors (Lipinski definition) is 1. The molecule has 0 radical (unpaired) electrons. The van der Waals surface area contributed by atoms with Crippen molar-refractivity contribution in [3.8, 4) is 17.2 Å². The minimum Gasteiger partial charge on any atom is -0.495 e. The summed E-state index contributed by atoms with van der Waals surface area (Å²) < 4.78 is 16.4. The van der Waals surface area contributed by atoms with E-state index >= 15 is 0 Å². The first-order valence-electron chi connectivity index (χ1n) is 11.2. The Labute approximate surface area is 223 Å². The maximum atomic E-state index is 12.7. The highest BCUT2D eigenvalue weighted by Crippen LogP contribution is 2.32. The van der Waals surface area contributed by atoms with Gasteiger partial charge in [0.05, 0.1) is 24.2 Å². The van der Waals surface area contributed by atoms with Gasteiger partial charge in [0.25, 0.3) is 17.1 Å². The molecule has 8 nitrogen and oxygen atoms in total. The van der Waals surface area contributed by atoms with Crippen molar-refractivity contribution in [3.05, 3.63) is 88.3 Å². The lowest BCUT2D eigenvalue weighted by Crippen LogP contribution is -2.32. The molecule has 1 saturated heterocycles. The molecule has 1 heterocycles. The van der Waals surface area contributed by atoms with Crippen molar-refractivity contribution in [2.45, 2.75) is 0 Å². The van der Waals surface area contributed by atoms with Gasteiger partial charge in [-0.05, 0) is 71.9 Å². The van der Waals surface area contributed by atoms with Crippen molar-refractivity contribution in [2.75, 3.05) is 32.2 Å². The average Bonchev–Trinajstić information content (AvgIpc) is 3.17. The molecule has 4 rings (SSSR count). The Morgan fingerprint density at radius 1 is 0.973 bits per heavy atom. The van der Waals surface area contributed by atoms with Crippen LogP contribution in [0, 0.1) is 0 Å². The predicted molar refractivity (Wildman–Crippen MR) is 143 cm³/mol. The number of carbonyl (C=O) groups is 3. The molecule has 1 N–H and O–H groups in total. The smallest absolute Gasteiger partial charge is 0.293 e. The van der Waals surface area contributed by atoms with Gasteiger partial charge in [0.15, 0.2) is 6.61 Å². The summed E-state index contributed by atoms with van der Waals surface area (Å²) in [5.74, 6) is 0.940. The molecule has 0 aromatic heterocycles. The lowest BCUT2D eigenvalue weighted by atomic mass is 10.2. The number of nitrogens with zero attached hydrogens (tertiary/aromatic N) is 1. The Morgan fingerprint density at radius 3 is 2.38 bits per heavy atom. The second kappa shape index (κ2) is 12.3. The zero-order valence-electron chi connectivity index (χ0n) is 19.8. The van der Waals surface area contributed by atoms with E-state index in [0.717, 1.165) is 16.7 Å². The van der Waals surface area contributed by atoms with Gasteiger partial charge >= 0.3 is 0 Å². The van der Waals surface area contributed by atoms with Crippen LogP contribution in [0.3, 0.4) is 0 Å². The molecule has 3 amide bonds. The van der Waals surface area contributed by atoms with E-state index in [2.05, 4.69) is 5.32 Å². The van der Waals surface area contributed by atoms with Crippen molar-refractivity contribution >= 4 is 52.2 Å². The molecule has 3 aromatic carbocycles. The normalized spacial score (nSPS) is 14.1. The molecule has 0 aliphatic carbocycles. The van der Waals surface area contributed by atoms with Gasteiger partial charge in [-0.2, -0.15) is 0 Å². The monoisotopic (exact) mass is 538 g/mol. The minimum atomic E-state index is -0.372. The van der Waals surface area contributed by atoms with Crippen molar-refractivity contribution in [1.29, 1.82) is 0 Å². The van der Waals surface area contributed by atoms with Gasteiger partial charge in [-0.3, -0.25) is 19.3 Å². The SMILES string of the molecule is COc1ccccc1NC(=O)COc1ccc(/C=C2\SC(=O)N(CCOc3ccc(Cl)cc3)C2=O)cc1.